The molecule has 0 radical (unpaired) electrons. The van der Waals surface area contributed by atoms with E-state index in [1.807, 2.05) is 12.1 Å². The van der Waals surface area contributed by atoms with Crippen molar-refractivity contribution < 1.29 is 18.0 Å². The summed E-state index contributed by atoms with van der Waals surface area (Å²) in [5, 5.41) is 3.38. The van der Waals surface area contributed by atoms with Crippen LogP contribution >= 0.6 is 0 Å². The summed E-state index contributed by atoms with van der Waals surface area (Å²) >= 11 is 0. The Morgan fingerprint density at radius 1 is 1.12 bits per heavy atom. The average molecular weight is 349 g/mol. The number of alkyl halides is 3. The zero-order chi connectivity index (χ0) is 17.9. The number of nitrogens with zero attached hydrogens (tertiary/aromatic N) is 2. The molecule has 4 nitrogen and oxygen atoms in total. The first-order chi connectivity index (χ1) is 11.9. The number of rotatable bonds is 3. The fourth-order valence-corrected chi connectivity index (χ4v) is 2.90. The highest BCUT2D eigenvalue weighted by molar-refractivity contribution is 5.94. The van der Waals surface area contributed by atoms with Crippen LogP contribution in [0.15, 0.2) is 48.8 Å². The van der Waals surface area contributed by atoms with Gasteiger partial charge in [-0.05, 0) is 49.2 Å². The number of carbonyl (C=O) groups is 1. The number of piperidine rings is 1. The third-order valence-electron chi connectivity index (χ3n) is 4.27. The topological polar surface area (TPSA) is 45.2 Å². The van der Waals surface area contributed by atoms with Crippen molar-refractivity contribution in [3.05, 3.63) is 59.9 Å². The van der Waals surface area contributed by atoms with Gasteiger partial charge in [-0.25, -0.2) is 0 Å². The Morgan fingerprint density at radius 2 is 1.80 bits per heavy atom. The summed E-state index contributed by atoms with van der Waals surface area (Å²) in [5.41, 5.74) is 0.477. The van der Waals surface area contributed by atoms with Crippen LogP contribution in [0.4, 0.5) is 18.9 Å². The Bertz CT molecular complexity index is 709. The zero-order valence-corrected chi connectivity index (χ0v) is 13.5. The molecule has 1 amide bonds. The molecule has 1 aromatic carbocycles. The van der Waals surface area contributed by atoms with Gasteiger partial charge in [0.1, 0.15) is 0 Å². The third kappa shape index (κ3) is 4.29. The lowest BCUT2D eigenvalue weighted by molar-refractivity contribution is -0.137. The minimum absolute atomic E-state index is 0.228. The van der Waals surface area contributed by atoms with Crippen molar-refractivity contribution in [3.63, 3.8) is 0 Å². The van der Waals surface area contributed by atoms with Crippen LogP contribution in [0.1, 0.15) is 28.8 Å². The van der Waals surface area contributed by atoms with Gasteiger partial charge in [0.15, 0.2) is 0 Å². The molecule has 132 valence electrons. The van der Waals surface area contributed by atoms with E-state index < -0.39 is 11.7 Å². The molecule has 2 heterocycles. The Balaban J connectivity index is 1.56. The minimum atomic E-state index is -4.39. The van der Waals surface area contributed by atoms with Gasteiger partial charge in [-0.3, -0.25) is 9.78 Å². The third-order valence-corrected chi connectivity index (χ3v) is 4.27. The molecular weight excluding hydrogens is 331 g/mol. The predicted molar refractivity (Wildman–Crippen MR) is 88.2 cm³/mol. The highest BCUT2D eigenvalue weighted by Gasteiger charge is 2.30. The van der Waals surface area contributed by atoms with Crippen LogP contribution in [0.5, 0.6) is 0 Å². The van der Waals surface area contributed by atoms with Crippen LogP contribution in [0.2, 0.25) is 0 Å². The number of nitrogens with one attached hydrogen (secondary N) is 1. The van der Waals surface area contributed by atoms with Crippen LogP contribution < -0.4 is 5.32 Å². The highest BCUT2D eigenvalue weighted by atomic mass is 19.4. The standard InChI is InChI=1S/C18H18F3N3O/c19-18(20,21)14-5-3-13(4-6-14)17(25)24-10-7-15(8-11-24)23-16-2-1-9-22-12-16/h1-6,9,12,15,23H,7-8,10-11H2. The lowest BCUT2D eigenvalue weighted by Crippen LogP contribution is -2.42. The lowest BCUT2D eigenvalue weighted by atomic mass is 10.0. The van der Waals surface area contributed by atoms with Gasteiger partial charge in [-0.15, -0.1) is 0 Å². The van der Waals surface area contributed by atoms with Crippen molar-refractivity contribution in [1.29, 1.82) is 0 Å². The van der Waals surface area contributed by atoms with Gasteiger partial charge in [-0.2, -0.15) is 13.2 Å². The maximum Gasteiger partial charge on any atom is 0.416 e. The number of pyridine rings is 1. The first kappa shape index (κ1) is 17.3. The van der Waals surface area contributed by atoms with E-state index in [0.717, 1.165) is 30.7 Å². The molecule has 1 aromatic heterocycles. The van der Waals surface area contributed by atoms with Crippen molar-refractivity contribution in [1.82, 2.24) is 9.88 Å². The van der Waals surface area contributed by atoms with Crippen molar-refractivity contribution in [2.24, 2.45) is 0 Å². The largest absolute Gasteiger partial charge is 0.416 e. The first-order valence-corrected chi connectivity index (χ1v) is 8.06. The molecule has 7 heteroatoms. The normalized spacial score (nSPS) is 15.9. The van der Waals surface area contributed by atoms with Gasteiger partial charge in [0.05, 0.1) is 11.3 Å². The van der Waals surface area contributed by atoms with Crippen LogP contribution in [0, 0.1) is 0 Å². The number of hydrogen-bond acceptors (Lipinski definition) is 3. The molecule has 3 rings (SSSR count). The average Bonchev–Trinajstić information content (AvgIpc) is 2.62. The monoisotopic (exact) mass is 349 g/mol. The second kappa shape index (κ2) is 7.13. The number of aromatic nitrogens is 1. The van der Waals surface area contributed by atoms with Crippen molar-refractivity contribution in [3.8, 4) is 0 Å². The van der Waals surface area contributed by atoms with E-state index in [1.54, 1.807) is 17.3 Å². The number of halogens is 3. The minimum Gasteiger partial charge on any atom is -0.381 e. The number of anilines is 1. The second-order valence-electron chi connectivity index (χ2n) is 6.03. The molecule has 1 aliphatic heterocycles. The van der Waals surface area contributed by atoms with Crippen molar-refractivity contribution in [2.75, 3.05) is 18.4 Å². The smallest absolute Gasteiger partial charge is 0.381 e. The molecule has 1 N–H and O–H groups in total. The molecule has 0 saturated carbocycles. The summed E-state index contributed by atoms with van der Waals surface area (Å²) in [7, 11) is 0. The molecule has 0 unspecified atom stereocenters. The summed E-state index contributed by atoms with van der Waals surface area (Å²) in [6, 6.07) is 8.42. The SMILES string of the molecule is O=C(c1ccc(C(F)(F)F)cc1)N1CCC(Nc2cccnc2)CC1. The lowest BCUT2D eigenvalue weighted by Gasteiger charge is -2.33. The van der Waals surface area contributed by atoms with Crippen molar-refractivity contribution >= 4 is 11.6 Å². The number of carbonyl (C=O) groups excluding carboxylic acids is 1. The van der Waals surface area contributed by atoms with E-state index in [0.29, 0.717) is 13.1 Å². The summed E-state index contributed by atoms with van der Waals surface area (Å²) in [5.74, 6) is -0.228. The van der Waals surface area contributed by atoms with Crippen LogP contribution in [0.3, 0.4) is 0 Å². The van der Waals surface area contributed by atoms with Gasteiger partial charge in [0.2, 0.25) is 0 Å². The molecule has 0 spiro atoms. The van der Waals surface area contributed by atoms with E-state index >= 15 is 0 Å². The Morgan fingerprint density at radius 3 is 2.36 bits per heavy atom. The van der Waals surface area contributed by atoms with Crippen molar-refractivity contribution in [2.45, 2.75) is 25.1 Å². The first-order valence-electron chi connectivity index (χ1n) is 8.06. The second-order valence-corrected chi connectivity index (χ2v) is 6.03. The molecule has 2 aromatic rings. The Kier molecular flexibility index (Phi) is 4.92. The molecule has 1 saturated heterocycles. The highest BCUT2D eigenvalue weighted by Crippen LogP contribution is 2.29. The van der Waals surface area contributed by atoms with Crippen LogP contribution in [-0.4, -0.2) is 34.9 Å². The fraction of sp³-hybridized carbons (Fsp3) is 0.333. The van der Waals surface area contributed by atoms with Crippen LogP contribution in [-0.2, 0) is 6.18 Å². The van der Waals surface area contributed by atoms with E-state index in [9.17, 15) is 18.0 Å². The van der Waals surface area contributed by atoms with Crippen LogP contribution in [0.25, 0.3) is 0 Å². The Labute approximate surface area is 143 Å². The number of amides is 1. The molecular formula is C18H18F3N3O. The van der Waals surface area contributed by atoms with E-state index in [1.165, 1.54) is 12.1 Å². The van der Waals surface area contributed by atoms with Gasteiger partial charge in [0.25, 0.3) is 5.91 Å². The summed E-state index contributed by atoms with van der Waals surface area (Å²) in [4.78, 5) is 18.2. The summed E-state index contributed by atoms with van der Waals surface area (Å²) in [6.45, 7) is 1.13. The quantitative estimate of drug-likeness (QED) is 0.916. The van der Waals surface area contributed by atoms with E-state index in [-0.39, 0.29) is 17.5 Å². The Hall–Kier alpha value is -2.57. The fourth-order valence-electron chi connectivity index (χ4n) is 2.90. The summed E-state index contributed by atoms with van der Waals surface area (Å²) in [6.07, 6.45) is 0.622. The number of benzene rings is 1. The predicted octanol–water partition coefficient (Wildman–Crippen LogP) is 3.82. The molecule has 1 fully saturated rings. The number of hydrogen-bond donors (Lipinski definition) is 1. The van der Waals surface area contributed by atoms with Gasteiger partial charge >= 0.3 is 6.18 Å². The zero-order valence-electron chi connectivity index (χ0n) is 13.5. The molecule has 0 atom stereocenters. The van der Waals surface area contributed by atoms with E-state index in [4.69, 9.17) is 0 Å². The summed E-state index contributed by atoms with van der Waals surface area (Å²) < 4.78 is 37.8. The maximum atomic E-state index is 12.6. The maximum absolute atomic E-state index is 12.6. The van der Waals surface area contributed by atoms with Gasteiger partial charge in [-0.1, -0.05) is 0 Å². The molecule has 0 aliphatic carbocycles. The van der Waals surface area contributed by atoms with Gasteiger partial charge < -0.3 is 10.2 Å². The molecule has 1 aliphatic rings. The molecule has 0 bridgehead atoms. The van der Waals surface area contributed by atoms with E-state index in [2.05, 4.69) is 10.3 Å². The molecule has 25 heavy (non-hydrogen) atoms. The van der Waals surface area contributed by atoms with Gasteiger partial charge in [0, 0.05) is 37.1 Å². The number of likely N-dealkylation sites (tertiary alicyclic amines) is 1.